The van der Waals surface area contributed by atoms with Crippen molar-refractivity contribution in [2.75, 3.05) is 13.1 Å². The molecule has 1 saturated heterocycles. The summed E-state index contributed by atoms with van der Waals surface area (Å²) >= 11 is 6.32. The van der Waals surface area contributed by atoms with Crippen molar-refractivity contribution in [3.8, 4) is 22.6 Å². The van der Waals surface area contributed by atoms with Crippen LogP contribution in [0.25, 0.3) is 33.7 Å². The number of fused-ring (bicyclic) bond motifs is 1. The molecule has 1 aliphatic rings. The molecule has 1 aliphatic heterocycles. The molecule has 0 radical (unpaired) electrons. The van der Waals surface area contributed by atoms with E-state index >= 15 is 0 Å². The Labute approximate surface area is 215 Å². The van der Waals surface area contributed by atoms with Gasteiger partial charge < -0.3 is 9.32 Å². The molecular weight excluding hydrogens is 496 g/mol. The van der Waals surface area contributed by atoms with Crippen molar-refractivity contribution in [2.24, 2.45) is 0 Å². The Bertz CT molecular complexity index is 1640. The molecule has 0 spiro atoms. The van der Waals surface area contributed by atoms with Crippen LogP contribution < -0.4 is 5.69 Å². The number of benzene rings is 1. The first-order valence-corrected chi connectivity index (χ1v) is 12.2. The van der Waals surface area contributed by atoms with Crippen molar-refractivity contribution in [1.82, 2.24) is 39.8 Å². The quantitative estimate of drug-likeness (QED) is 0.376. The van der Waals surface area contributed by atoms with Gasteiger partial charge in [-0.1, -0.05) is 11.6 Å². The molecule has 0 unspecified atom stereocenters. The van der Waals surface area contributed by atoms with Crippen LogP contribution in [0.3, 0.4) is 0 Å². The van der Waals surface area contributed by atoms with E-state index in [9.17, 15) is 9.59 Å². The summed E-state index contributed by atoms with van der Waals surface area (Å²) in [6.45, 7) is 1.06. The molecule has 1 fully saturated rings. The van der Waals surface area contributed by atoms with Gasteiger partial charge in [-0.3, -0.25) is 14.3 Å². The van der Waals surface area contributed by atoms with E-state index in [1.807, 2.05) is 30.3 Å². The number of piperidine rings is 1. The fourth-order valence-electron chi connectivity index (χ4n) is 4.72. The Morgan fingerprint density at radius 3 is 2.70 bits per heavy atom. The molecule has 0 saturated carbocycles. The number of pyridine rings is 1. The summed E-state index contributed by atoms with van der Waals surface area (Å²) in [5.41, 5.74) is 3.50. The molecule has 1 amide bonds. The van der Waals surface area contributed by atoms with Gasteiger partial charge >= 0.3 is 5.69 Å². The zero-order valence-corrected chi connectivity index (χ0v) is 20.3. The molecule has 0 bridgehead atoms. The van der Waals surface area contributed by atoms with E-state index < -0.39 is 0 Å². The predicted molar refractivity (Wildman–Crippen MR) is 135 cm³/mol. The van der Waals surface area contributed by atoms with E-state index in [1.165, 1.54) is 0 Å². The second-order valence-corrected chi connectivity index (χ2v) is 9.26. The van der Waals surface area contributed by atoms with Gasteiger partial charge in [0.2, 0.25) is 17.7 Å². The van der Waals surface area contributed by atoms with Gasteiger partial charge in [-0.2, -0.15) is 10.2 Å². The highest BCUT2D eigenvalue weighted by atomic mass is 35.5. The van der Waals surface area contributed by atoms with Crippen molar-refractivity contribution in [1.29, 1.82) is 0 Å². The first-order valence-electron chi connectivity index (χ1n) is 11.8. The third-order valence-electron chi connectivity index (χ3n) is 6.50. The van der Waals surface area contributed by atoms with Gasteiger partial charge in [-0.25, -0.2) is 9.78 Å². The van der Waals surface area contributed by atoms with E-state index in [4.69, 9.17) is 16.0 Å². The number of rotatable bonds is 5. The maximum atomic E-state index is 13.0. The van der Waals surface area contributed by atoms with Crippen LogP contribution in [-0.4, -0.2) is 58.8 Å². The predicted octanol–water partition coefficient (Wildman–Crippen LogP) is 3.29. The van der Waals surface area contributed by atoms with Gasteiger partial charge in [-0.15, -0.1) is 10.2 Å². The number of aromatic amines is 1. The van der Waals surface area contributed by atoms with Crippen molar-refractivity contribution >= 4 is 28.7 Å². The maximum Gasteiger partial charge on any atom is 0.327 e. The van der Waals surface area contributed by atoms with Gasteiger partial charge in [-0.05, 0) is 54.8 Å². The van der Waals surface area contributed by atoms with E-state index in [-0.39, 0.29) is 35.8 Å². The van der Waals surface area contributed by atoms with Crippen molar-refractivity contribution in [2.45, 2.75) is 25.3 Å². The summed E-state index contributed by atoms with van der Waals surface area (Å²) in [5, 5.41) is 16.4. The summed E-state index contributed by atoms with van der Waals surface area (Å²) in [7, 11) is 0. The van der Waals surface area contributed by atoms with Crippen molar-refractivity contribution in [3.63, 3.8) is 0 Å². The first kappa shape index (κ1) is 23.0. The van der Waals surface area contributed by atoms with Crippen LogP contribution in [0.1, 0.15) is 24.8 Å². The third kappa shape index (κ3) is 4.60. The number of imidazole rings is 1. The molecule has 11 nitrogen and oxygen atoms in total. The summed E-state index contributed by atoms with van der Waals surface area (Å²) < 4.78 is 7.55. The number of likely N-dealkylation sites (tertiary alicyclic amines) is 1. The number of carbonyl (C=O) groups excluding carboxylic acids is 1. The number of nitrogens with one attached hydrogen (secondary N) is 1. The number of carbonyl (C=O) groups is 1. The van der Waals surface area contributed by atoms with E-state index in [0.29, 0.717) is 42.2 Å². The highest BCUT2D eigenvalue weighted by Gasteiger charge is 2.27. The summed E-state index contributed by atoms with van der Waals surface area (Å²) in [4.78, 5) is 34.2. The largest absolute Gasteiger partial charge is 0.420 e. The lowest BCUT2D eigenvalue weighted by molar-refractivity contribution is -0.132. The Hall–Kier alpha value is -4.38. The minimum Gasteiger partial charge on any atom is -0.420 e. The zero-order valence-electron chi connectivity index (χ0n) is 19.5. The van der Waals surface area contributed by atoms with Crippen molar-refractivity contribution in [3.05, 3.63) is 76.4 Å². The van der Waals surface area contributed by atoms with Gasteiger partial charge in [0.15, 0.2) is 5.65 Å². The summed E-state index contributed by atoms with van der Waals surface area (Å²) in [5.74, 6) is 0.406. The molecular formula is C25H21ClN8O3. The number of hydrogen-bond acceptors (Lipinski definition) is 8. The van der Waals surface area contributed by atoms with Gasteiger partial charge in [0.25, 0.3) is 0 Å². The van der Waals surface area contributed by atoms with E-state index in [1.54, 1.807) is 34.1 Å². The Morgan fingerprint density at radius 2 is 1.89 bits per heavy atom. The number of hydrogen-bond donors (Lipinski definition) is 1. The Balaban J connectivity index is 1.13. The first-order chi connectivity index (χ1) is 18.0. The smallest absolute Gasteiger partial charge is 0.327 e. The molecule has 1 aromatic carbocycles. The normalized spacial score (nSPS) is 14.4. The lowest BCUT2D eigenvalue weighted by atomic mass is 10.0. The number of halogens is 1. The fraction of sp³-hybridized carbons (Fsp3) is 0.240. The number of aromatic nitrogens is 7. The maximum absolute atomic E-state index is 13.0. The standard InChI is InChI=1S/C25H21ClN8O3/c26-18-11-16(15-3-7-28-29-14-15)10-17(12-18)24-32-31-21(37-24)13-22(35)33-8-4-19(5-9-33)34-20-2-1-6-27-23(20)30-25(34)36/h1-3,6-7,10-12,14,19H,4-5,8-9,13H2,(H,27,30,36). The monoisotopic (exact) mass is 516 g/mol. The Kier molecular flexibility index (Phi) is 5.97. The average Bonchev–Trinajstić information content (AvgIpc) is 3.52. The molecule has 37 heavy (non-hydrogen) atoms. The second kappa shape index (κ2) is 9.58. The van der Waals surface area contributed by atoms with Gasteiger partial charge in [0, 0.05) is 41.5 Å². The zero-order chi connectivity index (χ0) is 25.4. The van der Waals surface area contributed by atoms with Crippen LogP contribution in [0.4, 0.5) is 0 Å². The highest BCUT2D eigenvalue weighted by molar-refractivity contribution is 6.31. The third-order valence-corrected chi connectivity index (χ3v) is 6.72. The van der Waals surface area contributed by atoms with E-state index in [2.05, 4.69) is 30.4 Å². The molecule has 6 rings (SSSR count). The summed E-state index contributed by atoms with van der Waals surface area (Å²) in [6.07, 6.45) is 6.22. The SMILES string of the molecule is O=C(Cc1nnc(-c2cc(Cl)cc(-c3ccnnc3)c2)o1)N1CCC(n2c(=O)[nH]c3ncccc32)CC1. The number of amides is 1. The molecule has 0 atom stereocenters. The van der Waals surface area contributed by atoms with Crippen LogP contribution in [0.2, 0.25) is 5.02 Å². The van der Waals surface area contributed by atoms with Crippen LogP contribution in [0.15, 0.2) is 64.2 Å². The lowest BCUT2D eigenvalue weighted by Crippen LogP contribution is -2.41. The van der Waals surface area contributed by atoms with Crippen LogP contribution >= 0.6 is 11.6 Å². The molecule has 186 valence electrons. The minimum atomic E-state index is -0.179. The topological polar surface area (TPSA) is 136 Å². The van der Waals surface area contributed by atoms with Crippen LogP contribution in [0.5, 0.6) is 0 Å². The fourth-order valence-corrected chi connectivity index (χ4v) is 4.95. The lowest BCUT2D eigenvalue weighted by Gasteiger charge is -2.32. The molecule has 0 aliphatic carbocycles. The highest BCUT2D eigenvalue weighted by Crippen LogP contribution is 2.30. The van der Waals surface area contributed by atoms with E-state index in [0.717, 1.165) is 16.6 Å². The van der Waals surface area contributed by atoms with Crippen LogP contribution in [-0.2, 0) is 11.2 Å². The number of H-pyrrole nitrogens is 1. The van der Waals surface area contributed by atoms with Crippen LogP contribution in [0, 0.1) is 0 Å². The van der Waals surface area contributed by atoms with Gasteiger partial charge in [0.05, 0.1) is 17.9 Å². The minimum absolute atomic E-state index is 0.00266. The summed E-state index contributed by atoms with van der Waals surface area (Å²) in [6, 6.07) is 10.9. The number of nitrogens with zero attached hydrogens (tertiary/aromatic N) is 7. The van der Waals surface area contributed by atoms with Gasteiger partial charge in [0.1, 0.15) is 6.42 Å². The average molecular weight is 517 g/mol. The molecule has 12 heteroatoms. The molecule has 5 aromatic rings. The molecule has 4 aromatic heterocycles. The van der Waals surface area contributed by atoms with Crippen molar-refractivity contribution < 1.29 is 9.21 Å². The molecule has 1 N–H and O–H groups in total. The molecule has 5 heterocycles. The Morgan fingerprint density at radius 1 is 1.05 bits per heavy atom. The second-order valence-electron chi connectivity index (χ2n) is 8.82.